The Balaban J connectivity index is 1.88. The Morgan fingerprint density at radius 1 is 1.03 bits per heavy atom. The molecule has 1 fully saturated rings. The maximum absolute atomic E-state index is 13.6. The molecule has 2 aromatic rings. The van der Waals surface area contributed by atoms with E-state index in [1.807, 2.05) is 0 Å². The van der Waals surface area contributed by atoms with Crippen molar-refractivity contribution in [1.82, 2.24) is 4.31 Å². The van der Waals surface area contributed by atoms with E-state index in [0.29, 0.717) is 22.2 Å². The molecule has 1 aliphatic carbocycles. The van der Waals surface area contributed by atoms with Gasteiger partial charge in [-0.15, -0.1) is 0 Å². The van der Waals surface area contributed by atoms with Crippen LogP contribution in [0.4, 0.5) is 5.69 Å². The SMILES string of the molecule is COc1ccc(S(=O)(=O)N(CC(=O)Nc2ccc(Cl)cc2)C2CCCCC2)cc1OC. The number of carbonyl (C=O) groups excluding carboxylic acids is 1. The number of hydrogen-bond donors (Lipinski definition) is 1. The first-order valence-corrected chi connectivity index (χ1v) is 12.0. The number of amides is 1. The molecule has 0 atom stereocenters. The zero-order valence-corrected chi connectivity index (χ0v) is 19.2. The molecule has 0 saturated heterocycles. The van der Waals surface area contributed by atoms with Crippen molar-refractivity contribution in [2.45, 2.75) is 43.0 Å². The highest BCUT2D eigenvalue weighted by molar-refractivity contribution is 7.89. The normalized spacial score (nSPS) is 15.0. The lowest BCUT2D eigenvalue weighted by atomic mass is 9.95. The van der Waals surface area contributed by atoms with E-state index in [-0.39, 0.29) is 17.5 Å². The minimum Gasteiger partial charge on any atom is -0.493 e. The predicted octanol–water partition coefficient (Wildman–Crippen LogP) is 4.32. The topological polar surface area (TPSA) is 84.9 Å². The van der Waals surface area contributed by atoms with Gasteiger partial charge < -0.3 is 14.8 Å². The molecule has 0 unspecified atom stereocenters. The predicted molar refractivity (Wildman–Crippen MR) is 120 cm³/mol. The van der Waals surface area contributed by atoms with Crippen LogP contribution in [0.1, 0.15) is 32.1 Å². The van der Waals surface area contributed by atoms with Crippen molar-refractivity contribution < 1.29 is 22.7 Å². The third-order valence-electron chi connectivity index (χ3n) is 5.37. The first-order valence-electron chi connectivity index (χ1n) is 10.1. The average Bonchev–Trinajstić information content (AvgIpc) is 2.79. The van der Waals surface area contributed by atoms with E-state index in [2.05, 4.69) is 5.32 Å². The summed E-state index contributed by atoms with van der Waals surface area (Å²) in [5.41, 5.74) is 0.557. The maximum atomic E-state index is 13.6. The van der Waals surface area contributed by atoms with Crippen LogP contribution < -0.4 is 14.8 Å². The lowest BCUT2D eigenvalue weighted by molar-refractivity contribution is -0.116. The van der Waals surface area contributed by atoms with Crippen molar-refractivity contribution in [3.05, 3.63) is 47.5 Å². The van der Waals surface area contributed by atoms with Crippen molar-refractivity contribution >= 4 is 33.2 Å². The largest absolute Gasteiger partial charge is 0.493 e. The van der Waals surface area contributed by atoms with Gasteiger partial charge in [-0.25, -0.2) is 8.42 Å². The molecule has 0 radical (unpaired) electrons. The number of nitrogens with zero attached hydrogens (tertiary/aromatic N) is 1. The van der Waals surface area contributed by atoms with Gasteiger partial charge in [-0.2, -0.15) is 4.31 Å². The third kappa shape index (κ3) is 5.70. The molecule has 1 saturated carbocycles. The van der Waals surface area contributed by atoms with Gasteiger partial charge in [-0.05, 0) is 49.2 Å². The molecule has 0 heterocycles. The molecular weight excluding hydrogens is 440 g/mol. The number of benzene rings is 2. The van der Waals surface area contributed by atoms with Gasteiger partial charge in [0.05, 0.1) is 25.7 Å². The number of sulfonamides is 1. The standard InChI is InChI=1S/C22H27ClN2O5S/c1-29-20-13-12-19(14-21(20)30-2)31(27,28)25(18-6-4-3-5-7-18)15-22(26)24-17-10-8-16(23)9-11-17/h8-14,18H,3-7,15H2,1-2H3,(H,24,26). The van der Waals surface area contributed by atoms with E-state index < -0.39 is 15.9 Å². The number of rotatable bonds is 8. The zero-order valence-electron chi connectivity index (χ0n) is 17.6. The second kappa shape index (κ2) is 10.3. The maximum Gasteiger partial charge on any atom is 0.243 e. The van der Waals surface area contributed by atoms with Crippen LogP contribution in [0.2, 0.25) is 5.02 Å². The number of anilines is 1. The fraction of sp³-hybridized carbons (Fsp3) is 0.409. The van der Waals surface area contributed by atoms with Crippen LogP contribution in [0, 0.1) is 0 Å². The molecule has 0 aromatic heterocycles. The number of nitrogens with one attached hydrogen (secondary N) is 1. The molecule has 1 aliphatic rings. The lowest BCUT2D eigenvalue weighted by Crippen LogP contribution is -2.45. The van der Waals surface area contributed by atoms with Gasteiger partial charge in [0.2, 0.25) is 15.9 Å². The van der Waals surface area contributed by atoms with Gasteiger partial charge >= 0.3 is 0 Å². The zero-order chi connectivity index (χ0) is 22.4. The Morgan fingerprint density at radius 3 is 2.29 bits per heavy atom. The van der Waals surface area contributed by atoms with Crippen LogP contribution in [0.5, 0.6) is 11.5 Å². The molecule has 2 aromatic carbocycles. The van der Waals surface area contributed by atoms with Crippen LogP contribution in [0.15, 0.2) is 47.4 Å². The number of ether oxygens (including phenoxy) is 2. The van der Waals surface area contributed by atoms with Gasteiger partial charge in [0.15, 0.2) is 11.5 Å². The van der Waals surface area contributed by atoms with Crippen LogP contribution in [-0.4, -0.2) is 45.4 Å². The highest BCUT2D eigenvalue weighted by Gasteiger charge is 2.34. The minimum absolute atomic E-state index is 0.0648. The number of hydrogen-bond acceptors (Lipinski definition) is 5. The molecule has 0 aliphatic heterocycles. The summed E-state index contributed by atoms with van der Waals surface area (Å²) >= 11 is 5.89. The number of carbonyl (C=O) groups is 1. The summed E-state index contributed by atoms with van der Waals surface area (Å²) in [6, 6.07) is 10.9. The Hall–Kier alpha value is -2.29. The van der Waals surface area contributed by atoms with E-state index in [9.17, 15) is 13.2 Å². The van der Waals surface area contributed by atoms with Crippen molar-refractivity contribution in [2.24, 2.45) is 0 Å². The molecule has 0 spiro atoms. The fourth-order valence-electron chi connectivity index (χ4n) is 3.77. The molecule has 1 N–H and O–H groups in total. The Kier molecular flexibility index (Phi) is 7.80. The van der Waals surface area contributed by atoms with Crippen molar-refractivity contribution in [1.29, 1.82) is 0 Å². The van der Waals surface area contributed by atoms with E-state index >= 15 is 0 Å². The average molecular weight is 467 g/mol. The summed E-state index contributed by atoms with van der Waals surface area (Å²) in [4.78, 5) is 12.8. The van der Waals surface area contributed by atoms with Gasteiger partial charge in [0.1, 0.15) is 0 Å². The highest BCUT2D eigenvalue weighted by Crippen LogP contribution is 2.33. The molecule has 0 bridgehead atoms. The van der Waals surface area contributed by atoms with Gasteiger partial charge in [0.25, 0.3) is 0 Å². The Labute approximate surface area is 188 Å². The molecule has 7 nitrogen and oxygen atoms in total. The van der Waals surface area contributed by atoms with Gasteiger partial charge in [-0.1, -0.05) is 30.9 Å². The van der Waals surface area contributed by atoms with E-state index in [0.717, 1.165) is 32.1 Å². The van der Waals surface area contributed by atoms with Gasteiger partial charge in [-0.3, -0.25) is 4.79 Å². The summed E-state index contributed by atoms with van der Waals surface area (Å²) < 4.78 is 38.9. The molecule has 3 rings (SSSR count). The second-order valence-corrected chi connectivity index (χ2v) is 9.74. The molecule has 9 heteroatoms. The van der Waals surface area contributed by atoms with Crippen molar-refractivity contribution in [3.8, 4) is 11.5 Å². The van der Waals surface area contributed by atoms with Crippen LogP contribution in [0.3, 0.4) is 0 Å². The van der Waals surface area contributed by atoms with Crippen LogP contribution in [-0.2, 0) is 14.8 Å². The first kappa shape index (κ1) is 23.4. The molecule has 31 heavy (non-hydrogen) atoms. The third-order valence-corrected chi connectivity index (χ3v) is 7.52. The monoisotopic (exact) mass is 466 g/mol. The smallest absolute Gasteiger partial charge is 0.243 e. The lowest BCUT2D eigenvalue weighted by Gasteiger charge is -2.33. The highest BCUT2D eigenvalue weighted by atomic mass is 35.5. The van der Waals surface area contributed by atoms with Crippen molar-refractivity contribution in [2.75, 3.05) is 26.1 Å². The molecule has 168 valence electrons. The minimum atomic E-state index is -3.94. The summed E-state index contributed by atoms with van der Waals surface area (Å²) in [6.07, 6.45) is 4.38. The second-order valence-electron chi connectivity index (χ2n) is 7.41. The van der Waals surface area contributed by atoms with Gasteiger partial charge in [0, 0.05) is 22.8 Å². The summed E-state index contributed by atoms with van der Waals surface area (Å²) in [6.45, 7) is -0.274. The van der Waals surface area contributed by atoms with E-state index in [1.54, 1.807) is 30.3 Å². The van der Waals surface area contributed by atoms with E-state index in [1.165, 1.54) is 30.7 Å². The van der Waals surface area contributed by atoms with Crippen LogP contribution >= 0.6 is 11.6 Å². The Morgan fingerprint density at radius 2 is 1.68 bits per heavy atom. The number of halogens is 1. The Bertz CT molecular complexity index is 1010. The molecular formula is C22H27ClN2O5S. The van der Waals surface area contributed by atoms with Crippen LogP contribution in [0.25, 0.3) is 0 Å². The molecule has 1 amide bonds. The first-order chi connectivity index (χ1) is 14.8. The summed E-state index contributed by atoms with van der Waals surface area (Å²) in [5.74, 6) is 0.348. The number of methoxy groups -OCH3 is 2. The summed E-state index contributed by atoms with van der Waals surface area (Å²) in [5, 5.41) is 3.31. The fourth-order valence-corrected chi connectivity index (χ4v) is 5.55. The van der Waals surface area contributed by atoms with E-state index in [4.69, 9.17) is 21.1 Å². The quantitative estimate of drug-likeness (QED) is 0.626. The summed E-state index contributed by atoms with van der Waals surface area (Å²) in [7, 11) is -0.998. The van der Waals surface area contributed by atoms with Crippen molar-refractivity contribution in [3.63, 3.8) is 0 Å².